The molecule has 0 aromatic carbocycles. The molecular weight excluding hydrogens is 156 g/mol. The number of carbonyl (C=O) groups is 1. The highest BCUT2D eigenvalue weighted by Gasteiger charge is 2.14. The normalized spacial score (nSPS) is 15.3. The summed E-state index contributed by atoms with van der Waals surface area (Å²) in [5.74, 6) is -0.182. The number of aliphatic hydroxyl groups is 1. The summed E-state index contributed by atoms with van der Waals surface area (Å²) in [5, 5.41) is 11.4. The van der Waals surface area contributed by atoms with E-state index in [9.17, 15) is 4.79 Å². The smallest absolute Gasteiger partial charge is 0.237 e. The van der Waals surface area contributed by atoms with Crippen LogP contribution in [-0.2, 0) is 4.79 Å². The van der Waals surface area contributed by atoms with Gasteiger partial charge in [0.25, 0.3) is 0 Å². The van der Waals surface area contributed by atoms with Crippen molar-refractivity contribution in [2.75, 3.05) is 6.61 Å². The van der Waals surface area contributed by atoms with Crippen LogP contribution in [0.2, 0.25) is 0 Å². The number of hydrogen-bond donors (Lipinski definition) is 3. The summed E-state index contributed by atoms with van der Waals surface area (Å²) in [7, 11) is 0. The molecule has 0 aromatic rings. The van der Waals surface area contributed by atoms with Gasteiger partial charge in [-0.15, -0.1) is 0 Å². The SMILES string of the molecule is CCC(N)C(=O)N[C@@H](CC)CO. The van der Waals surface area contributed by atoms with E-state index in [4.69, 9.17) is 10.8 Å². The number of nitrogens with two attached hydrogens (primary N) is 1. The summed E-state index contributed by atoms with van der Waals surface area (Å²) in [5.41, 5.74) is 5.48. The minimum absolute atomic E-state index is 0.0291. The Morgan fingerprint density at radius 1 is 1.50 bits per heavy atom. The summed E-state index contributed by atoms with van der Waals surface area (Å²) in [4.78, 5) is 11.2. The Balaban J connectivity index is 3.81. The molecule has 0 heterocycles. The molecule has 0 aliphatic carbocycles. The Labute approximate surface area is 73.1 Å². The van der Waals surface area contributed by atoms with E-state index in [-0.39, 0.29) is 18.6 Å². The quantitative estimate of drug-likeness (QED) is 0.531. The Kier molecular flexibility index (Phi) is 5.66. The summed E-state index contributed by atoms with van der Waals surface area (Å²) in [6.45, 7) is 3.72. The van der Waals surface area contributed by atoms with E-state index in [1.54, 1.807) is 0 Å². The van der Waals surface area contributed by atoms with Crippen molar-refractivity contribution in [3.8, 4) is 0 Å². The van der Waals surface area contributed by atoms with Gasteiger partial charge in [0.15, 0.2) is 0 Å². The van der Waals surface area contributed by atoms with E-state index in [2.05, 4.69) is 5.32 Å². The Bertz CT molecular complexity index is 135. The first-order valence-corrected chi connectivity index (χ1v) is 4.32. The molecule has 0 aliphatic rings. The molecule has 0 radical (unpaired) electrons. The molecule has 0 bridgehead atoms. The molecule has 72 valence electrons. The van der Waals surface area contributed by atoms with Crippen LogP contribution in [0.25, 0.3) is 0 Å². The third-order valence-corrected chi connectivity index (χ3v) is 1.84. The van der Waals surface area contributed by atoms with Crippen LogP contribution in [0.4, 0.5) is 0 Å². The van der Waals surface area contributed by atoms with Crippen LogP contribution in [0.1, 0.15) is 26.7 Å². The molecule has 12 heavy (non-hydrogen) atoms. The average Bonchev–Trinajstić information content (AvgIpc) is 2.12. The summed E-state index contributed by atoms with van der Waals surface area (Å²) in [6, 6.07) is -0.610. The van der Waals surface area contributed by atoms with Gasteiger partial charge >= 0.3 is 0 Å². The Morgan fingerprint density at radius 2 is 2.08 bits per heavy atom. The zero-order chi connectivity index (χ0) is 9.56. The second-order valence-corrected chi connectivity index (χ2v) is 2.81. The van der Waals surface area contributed by atoms with Crippen LogP contribution >= 0.6 is 0 Å². The molecule has 4 nitrogen and oxygen atoms in total. The van der Waals surface area contributed by atoms with E-state index >= 15 is 0 Å². The highest BCUT2D eigenvalue weighted by Crippen LogP contribution is 1.92. The number of amides is 1. The molecular formula is C8H18N2O2. The molecule has 1 unspecified atom stereocenters. The van der Waals surface area contributed by atoms with E-state index in [0.717, 1.165) is 6.42 Å². The molecule has 0 spiro atoms. The zero-order valence-electron chi connectivity index (χ0n) is 7.71. The van der Waals surface area contributed by atoms with E-state index < -0.39 is 6.04 Å². The van der Waals surface area contributed by atoms with Crippen LogP contribution < -0.4 is 11.1 Å². The minimum atomic E-state index is -0.453. The average molecular weight is 174 g/mol. The lowest BCUT2D eigenvalue weighted by atomic mass is 10.2. The minimum Gasteiger partial charge on any atom is -0.394 e. The predicted molar refractivity (Wildman–Crippen MR) is 47.6 cm³/mol. The van der Waals surface area contributed by atoms with Crippen LogP contribution in [0.5, 0.6) is 0 Å². The van der Waals surface area contributed by atoms with Crippen LogP contribution in [0.15, 0.2) is 0 Å². The van der Waals surface area contributed by atoms with E-state index in [0.29, 0.717) is 6.42 Å². The van der Waals surface area contributed by atoms with Gasteiger partial charge in [-0.2, -0.15) is 0 Å². The maximum absolute atomic E-state index is 11.2. The second kappa shape index (κ2) is 5.97. The molecule has 0 fully saturated rings. The lowest BCUT2D eigenvalue weighted by Crippen LogP contribution is -2.46. The monoisotopic (exact) mass is 174 g/mol. The van der Waals surface area contributed by atoms with Crippen LogP contribution in [0.3, 0.4) is 0 Å². The molecule has 0 aliphatic heterocycles. The topological polar surface area (TPSA) is 75.4 Å². The first kappa shape index (κ1) is 11.4. The van der Waals surface area contributed by atoms with Crippen molar-refractivity contribution in [3.63, 3.8) is 0 Å². The van der Waals surface area contributed by atoms with Crippen molar-refractivity contribution >= 4 is 5.91 Å². The number of rotatable bonds is 5. The van der Waals surface area contributed by atoms with Crippen molar-refractivity contribution in [3.05, 3.63) is 0 Å². The summed E-state index contributed by atoms with van der Waals surface area (Å²) < 4.78 is 0. The summed E-state index contributed by atoms with van der Waals surface area (Å²) in [6.07, 6.45) is 1.34. The largest absolute Gasteiger partial charge is 0.394 e. The van der Waals surface area contributed by atoms with Gasteiger partial charge in [-0.25, -0.2) is 0 Å². The fourth-order valence-corrected chi connectivity index (χ4v) is 0.770. The number of hydrogen-bond acceptors (Lipinski definition) is 3. The van der Waals surface area contributed by atoms with E-state index in [1.165, 1.54) is 0 Å². The van der Waals surface area contributed by atoms with Gasteiger partial charge in [-0.1, -0.05) is 13.8 Å². The molecule has 0 rings (SSSR count). The molecule has 0 saturated carbocycles. The van der Waals surface area contributed by atoms with Gasteiger partial charge in [-0.05, 0) is 12.8 Å². The van der Waals surface area contributed by atoms with Gasteiger partial charge in [0.05, 0.1) is 18.7 Å². The lowest BCUT2D eigenvalue weighted by Gasteiger charge is -2.16. The van der Waals surface area contributed by atoms with Crippen molar-refractivity contribution in [1.82, 2.24) is 5.32 Å². The highest BCUT2D eigenvalue weighted by atomic mass is 16.3. The third kappa shape index (κ3) is 3.69. The van der Waals surface area contributed by atoms with Gasteiger partial charge in [-0.3, -0.25) is 4.79 Å². The van der Waals surface area contributed by atoms with Gasteiger partial charge < -0.3 is 16.2 Å². The maximum Gasteiger partial charge on any atom is 0.237 e. The van der Waals surface area contributed by atoms with Gasteiger partial charge in [0.1, 0.15) is 0 Å². The second-order valence-electron chi connectivity index (χ2n) is 2.81. The highest BCUT2D eigenvalue weighted by molar-refractivity contribution is 5.81. The number of carbonyl (C=O) groups excluding carboxylic acids is 1. The van der Waals surface area contributed by atoms with Crippen LogP contribution in [0, 0.1) is 0 Å². The molecule has 0 aromatic heterocycles. The Morgan fingerprint density at radius 3 is 2.42 bits per heavy atom. The fraction of sp³-hybridized carbons (Fsp3) is 0.875. The molecule has 4 N–H and O–H groups in total. The maximum atomic E-state index is 11.2. The van der Waals surface area contributed by atoms with Gasteiger partial charge in [0, 0.05) is 0 Å². The number of nitrogens with one attached hydrogen (secondary N) is 1. The molecule has 1 amide bonds. The fourth-order valence-electron chi connectivity index (χ4n) is 0.770. The Hall–Kier alpha value is -0.610. The first-order valence-electron chi connectivity index (χ1n) is 4.32. The molecule has 2 atom stereocenters. The first-order chi connectivity index (χ1) is 5.65. The summed E-state index contributed by atoms with van der Waals surface area (Å²) >= 11 is 0. The van der Waals surface area contributed by atoms with Crippen LogP contribution in [-0.4, -0.2) is 29.7 Å². The molecule has 4 heteroatoms. The molecule has 0 saturated heterocycles. The lowest BCUT2D eigenvalue weighted by molar-refractivity contribution is -0.123. The van der Waals surface area contributed by atoms with Crippen molar-refractivity contribution in [2.45, 2.75) is 38.8 Å². The van der Waals surface area contributed by atoms with Crippen molar-refractivity contribution in [2.24, 2.45) is 5.73 Å². The zero-order valence-corrected chi connectivity index (χ0v) is 7.71. The van der Waals surface area contributed by atoms with Gasteiger partial charge in [0.2, 0.25) is 5.91 Å². The van der Waals surface area contributed by atoms with Crippen molar-refractivity contribution in [1.29, 1.82) is 0 Å². The van der Waals surface area contributed by atoms with Crippen molar-refractivity contribution < 1.29 is 9.90 Å². The standard InChI is InChI=1S/C8H18N2O2/c1-3-6(5-11)10-8(12)7(9)4-2/h6-7,11H,3-5,9H2,1-2H3,(H,10,12)/t6-,7?/m0/s1. The number of aliphatic hydroxyl groups excluding tert-OH is 1. The third-order valence-electron chi connectivity index (χ3n) is 1.84. The predicted octanol–water partition coefficient (Wildman–Crippen LogP) is -0.389. The van der Waals surface area contributed by atoms with E-state index in [1.807, 2.05) is 13.8 Å².